The van der Waals surface area contributed by atoms with Gasteiger partial charge in [-0.2, -0.15) is 0 Å². The van der Waals surface area contributed by atoms with E-state index in [1.807, 2.05) is 29.0 Å². The quantitative estimate of drug-likeness (QED) is 0.766. The van der Waals surface area contributed by atoms with Gasteiger partial charge < -0.3 is 14.7 Å². The van der Waals surface area contributed by atoms with Crippen molar-refractivity contribution >= 4 is 16.9 Å². The first-order valence-corrected chi connectivity index (χ1v) is 6.61. The molecular formula is C15H13N3O2. The summed E-state index contributed by atoms with van der Waals surface area (Å²) in [4.78, 5) is 18.4. The van der Waals surface area contributed by atoms with Crippen LogP contribution >= 0.6 is 0 Å². The zero-order valence-electron chi connectivity index (χ0n) is 10.7. The maximum absolute atomic E-state index is 11.1. The molecule has 5 nitrogen and oxygen atoms in total. The molecule has 0 spiro atoms. The van der Waals surface area contributed by atoms with Crippen LogP contribution in [-0.2, 0) is 0 Å². The van der Waals surface area contributed by atoms with Gasteiger partial charge in [0.1, 0.15) is 5.69 Å². The molecule has 5 heteroatoms. The van der Waals surface area contributed by atoms with Crippen LogP contribution in [0.15, 0.2) is 36.8 Å². The molecule has 1 fully saturated rings. The van der Waals surface area contributed by atoms with Crippen molar-refractivity contribution in [2.45, 2.75) is 18.8 Å². The fourth-order valence-electron chi connectivity index (χ4n) is 2.54. The molecule has 0 amide bonds. The van der Waals surface area contributed by atoms with Crippen LogP contribution in [0, 0.1) is 0 Å². The first-order chi connectivity index (χ1) is 9.72. The number of carboxylic acid groups (broad SMARTS) is 1. The summed E-state index contributed by atoms with van der Waals surface area (Å²) in [7, 11) is 0. The van der Waals surface area contributed by atoms with E-state index in [1.165, 1.54) is 12.8 Å². The summed E-state index contributed by atoms with van der Waals surface area (Å²) < 4.78 is 1.97. The first-order valence-electron chi connectivity index (χ1n) is 6.61. The molecule has 0 aliphatic heterocycles. The van der Waals surface area contributed by atoms with Crippen molar-refractivity contribution < 1.29 is 9.90 Å². The van der Waals surface area contributed by atoms with Gasteiger partial charge in [-0.15, -0.1) is 0 Å². The number of aromatic carboxylic acids is 1. The SMILES string of the molecule is O=C(O)c1cc2c(-n3cnc(C4CC4)c3)cccc2[nH]1. The number of carbonyl (C=O) groups is 1. The number of H-pyrrole nitrogens is 1. The Bertz CT molecular complexity index is 812. The Morgan fingerprint density at radius 3 is 3.00 bits per heavy atom. The van der Waals surface area contributed by atoms with Gasteiger partial charge in [-0.25, -0.2) is 9.78 Å². The van der Waals surface area contributed by atoms with Crippen molar-refractivity contribution in [2.24, 2.45) is 0 Å². The zero-order valence-corrected chi connectivity index (χ0v) is 10.7. The third-order valence-corrected chi connectivity index (χ3v) is 3.75. The van der Waals surface area contributed by atoms with Crippen molar-refractivity contribution in [1.29, 1.82) is 0 Å². The molecule has 1 aromatic carbocycles. The van der Waals surface area contributed by atoms with E-state index in [2.05, 4.69) is 9.97 Å². The molecule has 0 unspecified atom stereocenters. The van der Waals surface area contributed by atoms with E-state index in [0.717, 1.165) is 22.3 Å². The summed E-state index contributed by atoms with van der Waals surface area (Å²) in [5.74, 6) is -0.340. The van der Waals surface area contributed by atoms with E-state index in [0.29, 0.717) is 5.92 Å². The van der Waals surface area contributed by atoms with Crippen LogP contribution in [0.4, 0.5) is 0 Å². The second kappa shape index (κ2) is 3.96. The molecule has 1 aliphatic rings. The molecular weight excluding hydrogens is 254 g/mol. The smallest absolute Gasteiger partial charge is 0.352 e. The first kappa shape index (κ1) is 11.3. The van der Waals surface area contributed by atoms with Gasteiger partial charge >= 0.3 is 5.97 Å². The van der Waals surface area contributed by atoms with Gasteiger partial charge in [0.15, 0.2) is 0 Å². The van der Waals surface area contributed by atoms with Gasteiger partial charge in [-0.3, -0.25) is 0 Å². The molecule has 3 aromatic rings. The second-order valence-electron chi connectivity index (χ2n) is 5.21. The molecule has 2 aromatic heterocycles. The third-order valence-electron chi connectivity index (χ3n) is 3.75. The summed E-state index contributed by atoms with van der Waals surface area (Å²) in [6, 6.07) is 7.44. The highest BCUT2D eigenvalue weighted by molar-refractivity contribution is 5.97. The van der Waals surface area contributed by atoms with Crippen LogP contribution in [0.3, 0.4) is 0 Å². The number of carboxylic acids is 1. The van der Waals surface area contributed by atoms with Crippen LogP contribution in [0.2, 0.25) is 0 Å². The lowest BCUT2D eigenvalue weighted by atomic mass is 10.2. The van der Waals surface area contributed by atoms with Crippen LogP contribution in [0.25, 0.3) is 16.6 Å². The van der Waals surface area contributed by atoms with Crippen molar-refractivity contribution in [3.05, 3.63) is 48.2 Å². The van der Waals surface area contributed by atoms with E-state index in [1.54, 1.807) is 12.4 Å². The van der Waals surface area contributed by atoms with E-state index >= 15 is 0 Å². The van der Waals surface area contributed by atoms with Crippen molar-refractivity contribution in [2.75, 3.05) is 0 Å². The number of hydrogen-bond acceptors (Lipinski definition) is 2. The minimum absolute atomic E-state index is 0.204. The maximum atomic E-state index is 11.1. The van der Waals surface area contributed by atoms with Crippen LogP contribution in [0.1, 0.15) is 34.9 Å². The molecule has 2 N–H and O–H groups in total. The van der Waals surface area contributed by atoms with Gasteiger partial charge in [-0.05, 0) is 31.0 Å². The normalized spacial score (nSPS) is 14.8. The lowest BCUT2D eigenvalue weighted by Gasteiger charge is -2.03. The highest BCUT2D eigenvalue weighted by Gasteiger charge is 2.26. The number of aromatic nitrogens is 3. The Hall–Kier alpha value is -2.56. The Labute approximate surface area is 114 Å². The number of benzene rings is 1. The number of nitrogens with one attached hydrogen (secondary N) is 1. The highest BCUT2D eigenvalue weighted by atomic mass is 16.4. The second-order valence-corrected chi connectivity index (χ2v) is 5.21. The van der Waals surface area contributed by atoms with E-state index < -0.39 is 5.97 Å². The Morgan fingerprint density at radius 1 is 1.40 bits per heavy atom. The Kier molecular flexibility index (Phi) is 2.24. The van der Waals surface area contributed by atoms with Crippen molar-refractivity contribution in [3.63, 3.8) is 0 Å². The van der Waals surface area contributed by atoms with Gasteiger partial charge in [0.2, 0.25) is 0 Å². The lowest BCUT2D eigenvalue weighted by molar-refractivity contribution is 0.0691. The fraction of sp³-hybridized carbons (Fsp3) is 0.200. The minimum Gasteiger partial charge on any atom is -0.477 e. The summed E-state index contributed by atoms with van der Waals surface area (Å²) in [6.07, 6.45) is 6.28. The summed E-state index contributed by atoms with van der Waals surface area (Å²) in [6.45, 7) is 0. The average Bonchev–Trinajstić information content (AvgIpc) is 3.02. The molecule has 20 heavy (non-hydrogen) atoms. The average molecular weight is 267 g/mol. The summed E-state index contributed by atoms with van der Waals surface area (Å²) in [5.41, 5.74) is 3.10. The number of imidazole rings is 1. The minimum atomic E-state index is -0.948. The van der Waals surface area contributed by atoms with Gasteiger partial charge in [0, 0.05) is 23.0 Å². The molecule has 0 bridgehead atoms. The van der Waals surface area contributed by atoms with Gasteiger partial charge in [-0.1, -0.05) is 6.07 Å². The Morgan fingerprint density at radius 2 is 2.25 bits per heavy atom. The molecule has 1 saturated carbocycles. The van der Waals surface area contributed by atoms with E-state index in [9.17, 15) is 4.79 Å². The molecule has 2 heterocycles. The monoisotopic (exact) mass is 267 g/mol. The molecule has 0 atom stereocenters. The maximum Gasteiger partial charge on any atom is 0.352 e. The van der Waals surface area contributed by atoms with Gasteiger partial charge in [0.05, 0.1) is 17.7 Å². The van der Waals surface area contributed by atoms with Crippen LogP contribution in [0.5, 0.6) is 0 Å². The number of hydrogen-bond donors (Lipinski definition) is 2. The molecule has 1 aliphatic carbocycles. The number of nitrogens with zero attached hydrogens (tertiary/aromatic N) is 2. The number of fused-ring (bicyclic) bond motifs is 1. The molecule has 0 radical (unpaired) electrons. The standard InChI is InChI=1S/C15H13N3O2/c19-15(20)12-6-10-11(17-12)2-1-3-14(10)18-7-13(16-8-18)9-4-5-9/h1-3,6-9,17H,4-5H2,(H,19,20). The topological polar surface area (TPSA) is 70.9 Å². The summed E-state index contributed by atoms with van der Waals surface area (Å²) >= 11 is 0. The van der Waals surface area contributed by atoms with E-state index in [4.69, 9.17) is 5.11 Å². The third kappa shape index (κ3) is 1.71. The predicted octanol–water partition coefficient (Wildman–Crippen LogP) is 2.93. The van der Waals surface area contributed by atoms with Crippen molar-refractivity contribution in [3.8, 4) is 5.69 Å². The summed E-state index contributed by atoms with van der Waals surface area (Å²) in [5, 5.41) is 9.98. The van der Waals surface area contributed by atoms with Crippen LogP contribution in [-0.4, -0.2) is 25.6 Å². The lowest BCUT2D eigenvalue weighted by Crippen LogP contribution is -1.94. The number of aromatic amines is 1. The number of rotatable bonds is 3. The molecule has 0 saturated heterocycles. The molecule has 4 rings (SSSR count). The highest BCUT2D eigenvalue weighted by Crippen LogP contribution is 2.39. The largest absolute Gasteiger partial charge is 0.477 e. The Balaban J connectivity index is 1.86. The van der Waals surface area contributed by atoms with Gasteiger partial charge in [0.25, 0.3) is 0 Å². The predicted molar refractivity (Wildman–Crippen MR) is 74.4 cm³/mol. The fourth-order valence-corrected chi connectivity index (χ4v) is 2.54. The molecule has 100 valence electrons. The van der Waals surface area contributed by atoms with Crippen LogP contribution < -0.4 is 0 Å². The zero-order chi connectivity index (χ0) is 13.7. The van der Waals surface area contributed by atoms with Crippen molar-refractivity contribution in [1.82, 2.24) is 14.5 Å². The van der Waals surface area contributed by atoms with E-state index in [-0.39, 0.29) is 5.69 Å².